The number of nitrogens with zero attached hydrogens (tertiary/aromatic N) is 4. The molecule has 1 unspecified atom stereocenters. The second-order valence-corrected chi connectivity index (χ2v) is 14.4. The molecule has 1 aliphatic rings. The van der Waals surface area contributed by atoms with E-state index in [1.54, 1.807) is 25.1 Å². The molecule has 1 saturated heterocycles. The van der Waals surface area contributed by atoms with E-state index in [2.05, 4.69) is 11.1 Å². The van der Waals surface area contributed by atoms with E-state index < -0.39 is 54.5 Å². The molecule has 3 rings (SSSR count). The first-order chi connectivity index (χ1) is 21.2. The Morgan fingerprint density at radius 2 is 1.93 bits per heavy atom. The molecule has 1 aromatic heterocycles. The number of hydrogen-bond acceptors (Lipinski definition) is 12. The number of aromatic nitrogens is 2. The number of nitrogens with one attached hydrogen (secondary N) is 1. The number of nitro groups is 1. The van der Waals surface area contributed by atoms with E-state index in [9.17, 15) is 34.7 Å². The van der Waals surface area contributed by atoms with Gasteiger partial charge in [0.1, 0.15) is 0 Å². The van der Waals surface area contributed by atoms with E-state index in [1.165, 1.54) is 23.8 Å². The van der Waals surface area contributed by atoms with Crippen LogP contribution in [0.1, 0.15) is 70.7 Å². The standard InChI is InChI=1S/C29H42N5O10P/c1-18(2)33(19(3)4)45(40,13-9-12-30)42-17-25-24(14-26(43-25)32-15-20(5)27(35)31-28(32)36)44-29(37)41-16-21(6)22-10-7-8-11-23(22)34(38)39/h7-8,10-11,15,18-19,21,24-26,40,45H,9,13-14,16-17H2,1-6H3,(H,31,35,36)/t21?,24-,25+,26+/m0/s1. The number of carbonyl (C=O) groups excluding carboxylic acids is 1. The number of rotatable bonds is 14. The number of nitriles is 1. The van der Waals surface area contributed by atoms with Crippen molar-refractivity contribution >= 4 is 19.7 Å². The fourth-order valence-corrected chi connectivity index (χ4v) is 8.60. The number of aryl methyl sites for hydroxylation is 1. The molecule has 0 aliphatic carbocycles. The predicted molar refractivity (Wildman–Crippen MR) is 166 cm³/mol. The SMILES string of the molecule is Cc1cn([C@H]2C[C@H](OC(=O)OCC(C)c3ccccc3[N+](=O)[O-])[C@@H](CO[PH](O)(CCC#N)N(C(C)C)C(C)C)O2)c(=O)[nH]c1=O. The molecule has 45 heavy (non-hydrogen) atoms. The quantitative estimate of drug-likeness (QED) is 0.129. The molecule has 4 atom stereocenters. The normalized spacial score (nSPS) is 19.4. The van der Waals surface area contributed by atoms with Gasteiger partial charge in [-0.1, -0.05) is 6.07 Å². The van der Waals surface area contributed by atoms with Crippen molar-refractivity contribution in [1.82, 2.24) is 14.2 Å². The average Bonchev–Trinajstić information content (AvgIpc) is 3.37. The van der Waals surface area contributed by atoms with Crippen LogP contribution in [-0.2, 0) is 18.7 Å². The Kier molecular flexibility index (Phi) is 12.4. The summed E-state index contributed by atoms with van der Waals surface area (Å²) in [6, 6.07) is 7.99. The van der Waals surface area contributed by atoms with Crippen molar-refractivity contribution in [3.63, 3.8) is 0 Å². The molecule has 0 amide bonds. The summed E-state index contributed by atoms with van der Waals surface area (Å²) >= 11 is 0. The number of para-hydroxylation sites is 1. The van der Waals surface area contributed by atoms with E-state index in [-0.39, 0.29) is 55.6 Å². The second kappa shape index (κ2) is 15.6. The third-order valence-electron chi connectivity index (χ3n) is 7.56. The van der Waals surface area contributed by atoms with Gasteiger partial charge in [-0.05, 0) is 0 Å². The first-order valence-electron chi connectivity index (χ1n) is 14.7. The van der Waals surface area contributed by atoms with Crippen LogP contribution in [0.5, 0.6) is 0 Å². The first kappa shape index (κ1) is 35.8. The summed E-state index contributed by atoms with van der Waals surface area (Å²) in [5.74, 6) is -0.521. The minimum absolute atomic E-state index is 0.00944. The zero-order valence-electron chi connectivity index (χ0n) is 26.3. The zero-order chi connectivity index (χ0) is 33.5. The fraction of sp³-hybridized carbons (Fsp3) is 0.586. The minimum atomic E-state index is -3.69. The number of ether oxygens (including phenoxy) is 3. The summed E-state index contributed by atoms with van der Waals surface area (Å²) in [4.78, 5) is 62.3. The number of nitro benzene ring substituents is 1. The van der Waals surface area contributed by atoms with Crippen LogP contribution in [0.2, 0.25) is 0 Å². The predicted octanol–water partition coefficient (Wildman–Crippen LogP) is 3.90. The molecule has 16 heteroatoms. The number of benzene rings is 1. The maximum atomic E-state index is 12.9. The third kappa shape index (κ3) is 8.96. The van der Waals surface area contributed by atoms with Crippen molar-refractivity contribution in [1.29, 1.82) is 5.26 Å². The van der Waals surface area contributed by atoms with Gasteiger partial charge in [-0.15, -0.1) is 0 Å². The molecule has 0 saturated carbocycles. The topological polar surface area (TPSA) is 199 Å². The van der Waals surface area contributed by atoms with Crippen molar-refractivity contribution < 1.29 is 33.3 Å². The molecule has 248 valence electrons. The number of carbonyl (C=O) groups is 1. The monoisotopic (exact) mass is 651 g/mol. The Labute approximate surface area is 261 Å². The molecule has 0 spiro atoms. The van der Waals surface area contributed by atoms with Gasteiger partial charge < -0.3 is 0 Å². The van der Waals surface area contributed by atoms with Crippen LogP contribution in [0, 0.1) is 28.4 Å². The third-order valence-corrected chi connectivity index (χ3v) is 10.9. The Bertz CT molecular complexity index is 1500. The molecule has 2 aromatic rings. The van der Waals surface area contributed by atoms with Gasteiger partial charge in [0.2, 0.25) is 0 Å². The summed E-state index contributed by atoms with van der Waals surface area (Å²) in [6.07, 6.45) is -2.48. The van der Waals surface area contributed by atoms with Crippen LogP contribution < -0.4 is 11.2 Å². The second-order valence-electron chi connectivity index (χ2n) is 11.6. The molecular formula is C29H42N5O10P. The summed E-state index contributed by atoms with van der Waals surface area (Å²) in [7, 11) is -3.69. The van der Waals surface area contributed by atoms with E-state index >= 15 is 0 Å². The summed E-state index contributed by atoms with van der Waals surface area (Å²) < 4.78 is 26.2. The summed E-state index contributed by atoms with van der Waals surface area (Å²) in [6.45, 7) is 10.4. The molecule has 2 heterocycles. The number of hydrogen-bond donors (Lipinski definition) is 2. The van der Waals surface area contributed by atoms with Gasteiger partial charge in [0, 0.05) is 0 Å². The molecule has 15 nitrogen and oxygen atoms in total. The van der Waals surface area contributed by atoms with Crippen molar-refractivity contribution in [2.75, 3.05) is 19.4 Å². The van der Waals surface area contributed by atoms with Crippen molar-refractivity contribution in [3.8, 4) is 6.07 Å². The Hall–Kier alpha value is -3.67. The average molecular weight is 652 g/mol. The van der Waals surface area contributed by atoms with Crippen LogP contribution in [0.3, 0.4) is 0 Å². The first-order valence-corrected chi connectivity index (χ1v) is 16.7. The van der Waals surface area contributed by atoms with E-state index in [0.717, 1.165) is 0 Å². The Balaban J connectivity index is 1.82. The molecule has 1 fully saturated rings. The molecular weight excluding hydrogens is 609 g/mol. The molecule has 1 aromatic carbocycles. The Morgan fingerprint density at radius 1 is 1.27 bits per heavy atom. The Morgan fingerprint density at radius 3 is 2.56 bits per heavy atom. The van der Waals surface area contributed by atoms with Crippen LogP contribution >= 0.6 is 7.87 Å². The van der Waals surface area contributed by atoms with Gasteiger partial charge in [-0.25, -0.2) is 0 Å². The van der Waals surface area contributed by atoms with Crippen LogP contribution in [0.15, 0.2) is 40.1 Å². The molecule has 1 aliphatic heterocycles. The van der Waals surface area contributed by atoms with Crippen LogP contribution in [-0.4, -0.2) is 73.9 Å². The summed E-state index contributed by atoms with van der Waals surface area (Å²) in [5, 5.41) is 20.7. The maximum absolute atomic E-state index is 12.9. The van der Waals surface area contributed by atoms with Gasteiger partial charge in [-0.3, -0.25) is 10.1 Å². The van der Waals surface area contributed by atoms with E-state index in [1.807, 2.05) is 32.4 Å². The number of H-pyrrole nitrogens is 1. The molecule has 2 N–H and O–H groups in total. The molecule has 0 bridgehead atoms. The van der Waals surface area contributed by atoms with Crippen LogP contribution in [0.25, 0.3) is 0 Å². The van der Waals surface area contributed by atoms with Crippen molar-refractivity contribution in [3.05, 3.63) is 72.5 Å². The van der Waals surface area contributed by atoms with Gasteiger partial charge in [0.25, 0.3) is 0 Å². The number of aromatic amines is 1. The van der Waals surface area contributed by atoms with E-state index in [0.29, 0.717) is 5.56 Å². The van der Waals surface area contributed by atoms with E-state index in [4.69, 9.17) is 18.7 Å². The van der Waals surface area contributed by atoms with Gasteiger partial charge in [0.05, 0.1) is 0 Å². The fourth-order valence-electron chi connectivity index (χ4n) is 5.57. The zero-order valence-corrected chi connectivity index (χ0v) is 27.3. The van der Waals surface area contributed by atoms with Crippen molar-refractivity contribution in [2.24, 2.45) is 0 Å². The van der Waals surface area contributed by atoms with Gasteiger partial charge in [-0.2, -0.15) is 0 Å². The van der Waals surface area contributed by atoms with Gasteiger partial charge in [0.15, 0.2) is 0 Å². The van der Waals surface area contributed by atoms with Crippen LogP contribution in [0.4, 0.5) is 10.5 Å². The van der Waals surface area contributed by atoms with Gasteiger partial charge >= 0.3 is 245 Å². The summed E-state index contributed by atoms with van der Waals surface area (Å²) in [5.41, 5.74) is -0.712. The molecule has 0 radical (unpaired) electrons. The van der Waals surface area contributed by atoms with Crippen molar-refractivity contribution in [2.45, 2.75) is 90.8 Å².